The lowest BCUT2D eigenvalue weighted by molar-refractivity contribution is -0.138. The Labute approximate surface area is 221 Å². The number of hydrogen-bond donors (Lipinski definition) is 2. The van der Waals surface area contributed by atoms with Gasteiger partial charge < -0.3 is 24.8 Å². The molecule has 0 spiro atoms. The van der Waals surface area contributed by atoms with E-state index in [2.05, 4.69) is 20.2 Å². The molecule has 1 aliphatic carbocycles. The molecule has 0 bridgehead atoms. The van der Waals surface area contributed by atoms with Crippen molar-refractivity contribution < 1.29 is 27.1 Å². The summed E-state index contributed by atoms with van der Waals surface area (Å²) in [5, 5.41) is 2.56. The number of likely N-dealkylation sites (N-methyl/N-ethyl adjacent to an activating group) is 1. The minimum absolute atomic E-state index is 0.147. The maximum Gasteiger partial charge on any atom is 0.417 e. The number of carbonyl (C=O) groups excluding carboxylic acids is 1. The molecule has 2 aliphatic rings. The largest absolute Gasteiger partial charge is 0.477 e. The fraction of sp³-hybridized carbons (Fsp3) is 0.370. The van der Waals surface area contributed by atoms with E-state index in [1.807, 2.05) is 11.9 Å². The number of aromatic nitrogens is 2. The first kappa shape index (κ1) is 26.7. The first-order valence-corrected chi connectivity index (χ1v) is 12.6. The predicted molar refractivity (Wildman–Crippen MR) is 138 cm³/mol. The molecule has 0 atom stereocenters. The Morgan fingerprint density at radius 1 is 1.13 bits per heavy atom. The number of anilines is 2. The van der Waals surface area contributed by atoms with Gasteiger partial charge in [0.1, 0.15) is 0 Å². The Morgan fingerprint density at radius 2 is 1.87 bits per heavy atom. The summed E-state index contributed by atoms with van der Waals surface area (Å²) in [6.45, 7) is 3.21. The van der Waals surface area contributed by atoms with E-state index in [0.717, 1.165) is 32.1 Å². The molecule has 8 nitrogen and oxygen atoms in total. The number of ether oxygens (including phenoxy) is 1. The SMILES string of the molecule is CN1CCN(c2ccc(-c3ccc(OCC4CC4)nc3F)cc2NC(=O)c2c[nH]c(=O)cc2C(F)(F)F)CC1. The van der Waals surface area contributed by atoms with Gasteiger partial charge in [0.2, 0.25) is 17.4 Å². The van der Waals surface area contributed by atoms with Crippen molar-refractivity contribution in [1.82, 2.24) is 14.9 Å². The first-order chi connectivity index (χ1) is 18.6. The Morgan fingerprint density at radius 3 is 2.54 bits per heavy atom. The van der Waals surface area contributed by atoms with E-state index in [1.54, 1.807) is 18.2 Å². The summed E-state index contributed by atoms with van der Waals surface area (Å²) in [7, 11) is 1.98. The van der Waals surface area contributed by atoms with Crippen LogP contribution in [0.5, 0.6) is 5.88 Å². The van der Waals surface area contributed by atoms with Gasteiger partial charge in [-0.25, -0.2) is 0 Å². The van der Waals surface area contributed by atoms with E-state index in [0.29, 0.717) is 42.9 Å². The average molecular weight is 546 g/mol. The van der Waals surface area contributed by atoms with Crippen LogP contribution < -0.4 is 20.5 Å². The molecule has 2 aromatic heterocycles. The third-order valence-electron chi connectivity index (χ3n) is 6.86. The second-order valence-corrected chi connectivity index (χ2v) is 9.84. The molecule has 0 unspecified atom stereocenters. The summed E-state index contributed by atoms with van der Waals surface area (Å²) in [6.07, 6.45) is -2.01. The molecule has 5 rings (SSSR count). The highest BCUT2D eigenvalue weighted by atomic mass is 19.4. The quantitative estimate of drug-likeness (QED) is 0.338. The highest BCUT2D eigenvalue weighted by Gasteiger charge is 2.36. The Balaban J connectivity index is 1.49. The van der Waals surface area contributed by atoms with E-state index >= 15 is 4.39 Å². The van der Waals surface area contributed by atoms with Crippen molar-refractivity contribution in [3.63, 3.8) is 0 Å². The van der Waals surface area contributed by atoms with Gasteiger partial charge in [0.15, 0.2) is 0 Å². The van der Waals surface area contributed by atoms with Crippen molar-refractivity contribution >= 4 is 17.3 Å². The lowest BCUT2D eigenvalue weighted by Gasteiger charge is -2.35. The lowest BCUT2D eigenvalue weighted by Crippen LogP contribution is -2.44. The van der Waals surface area contributed by atoms with Crippen LogP contribution in [0, 0.1) is 11.9 Å². The van der Waals surface area contributed by atoms with Crippen LogP contribution in [0.4, 0.5) is 28.9 Å². The third kappa shape index (κ3) is 6.22. The number of H-pyrrole nitrogens is 1. The van der Waals surface area contributed by atoms with Crippen LogP contribution in [0.2, 0.25) is 0 Å². The fourth-order valence-corrected chi connectivity index (χ4v) is 4.41. The van der Waals surface area contributed by atoms with Gasteiger partial charge in [-0.1, -0.05) is 6.07 Å². The minimum Gasteiger partial charge on any atom is -0.477 e. The summed E-state index contributed by atoms with van der Waals surface area (Å²) >= 11 is 0. The number of piperazine rings is 1. The molecular formula is C27H27F4N5O3. The van der Waals surface area contributed by atoms with Crippen LogP contribution in [0.25, 0.3) is 11.1 Å². The number of nitrogens with zero attached hydrogens (tertiary/aromatic N) is 3. The van der Waals surface area contributed by atoms with Crippen LogP contribution in [-0.4, -0.2) is 60.6 Å². The van der Waals surface area contributed by atoms with Gasteiger partial charge in [0, 0.05) is 50.1 Å². The fourth-order valence-electron chi connectivity index (χ4n) is 4.41. The number of rotatable bonds is 7. The third-order valence-corrected chi connectivity index (χ3v) is 6.86. The standard InChI is InChI=1S/C27H27F4N5O3/c1-35-8-10-36(11-9-35)22-6-4-17(18-5-7-24(34-25(18)28)39-15-16-2-3-16)12-21(22)33-26(38)19-14-32-23(37)13-20(19)27(29,30)31/h4-7,12-14,16H,2-3,8-11,15H2,1H3,(H,32,37)(H,33,38). The monoisotopic (exact) mass is 545 g/mol. The predicted octanol–water partition coefficient (Wildman–Crippen LogP) is 4.39. The molecule has 39 heavy (non-hydrogen) atoms. The molecule has 0 radical (unpaired) electrons. The van der Waals surface area contributed by atoms with E-state index < -0.39 is 34.7 Å². The number of hydrogen-bond acceptors (Lipinski definition) is 6. The van der Waals surface area contributed by atoms with Crippen LogP contribution >= 0.6 is 0 Å². The molecule has 12 heteroatoms. The lowest BCUT2D eigenvalue weighted by atomic mass is 10.0. The summed E-state index contributed by atoms with van der Waals surface area (Å²) in [6, 6.07) is 8.31. The number of halogens is 4. The summed E-state index contributed by atoms with van der Waals surface area (Å²) in [5.74, 6) is -1.19. The molecule has 3 heterocycles. The molecular weight excluding hydrogens is 518 g/mol. The summed E-state index contributed by atoms with van der Waals surface area (Å²) in [5.41, 5.74) is -1.76. The van der Waals surface area contributed by atoms with Crippen LogP contribution in [0.15, 0.2) is 47.4 Å². The highest BCUT2D eigenvalue weighted by Crippen LogP contribution is 2.36. The second kappa shape index (κ2) is 10.7. The van der Waals surface area contributed by atoms with Crippen LogP contribution in [0.3, 0.4) is 0 Å². The number of amides is 1. The molecule has 1 aliphatic heterocycles. The topological polar surface area (TPSA) is 90.6 Å². The van der Waals surface area contributed by atoms with Crippen molar-refractivity contribution in [2.75, 3.05) is 50.1 Å². The van der Waals surface area contributed by atoms with Gasteiger partial charge in [-0.15, -0.1) is 0 Å². The molecule has 1 saturated heterocycles. The summed E-state index contributed by atoms with van der Waals surface area (Å²) in [4.78, 5) is 34.8. The summed E-state index contributed by atoms with van der Waals surface area (Å²) < 4.78 is 61.3. The van der Waals surface area contributed by atoms with Gasteiger partial charge in [0.05, 0.1) is 29.1 Å². The highest BCUT2D eigenvalue weighted by molar-refractivity contribution is 6.07. The molecule has 1 amide bonds. The van der Waals surface area contributed by atoms with Gasteiger partial charge in [-0.3, -0.25) is 9.59 Å². The zero-order valence-corrected chi connectivity index (χ0v) is 21.1. The Bertz CT molecular complexity index is 1430. The normalized spacial score (nSPS) is 16.3. The number of benzene rings is 1. The van der Waals surface area contributed by atoms with Gasteiger partial charge >= 0.3 is 6.18 Å². The number of pyridine rings is 2. The van der Waals surface area contributed by atoms with E-state index in [4.69, 9.17) is 4.74 Å². The maximum atomic E-state index is 15.0. The van der Waals surface area contributed by atoms with Gasteiger partial charge in [0.25, 0.3) is 5.91 Å². The van der Waals surface area contributed by atoms with Crippen molar-refractivity contribution in [3.8, 4) is 17.0 Å². The zero-order chi connectivity index (χ0) is 27.7. The maximum absolute atomic E-state index is 15.0. The molecule has 3 aromatic rings. The van der Waals surface area contributed by atoms with E-state index in [9.17, 15) is 22.8 Å². The van der Waals surface area contributed by atoms with E-state index in [-0.39, 0.29) is 17.1 Å². The van der Waals surface area contributed by atoms with Crippen LogP contribution in [0.1, 0.15) is 28.8 Å². The molecule has 206 valence electrons. The number of alkyl halides is 3. The Kier molecular flexibility index (Phi) is 7.30. The van der Waals surface area contributed by atoms with Gasteiger partial charge in [-0.2, -0.15) is 22.5 Å². The van der Waals surface area contributed by atoms with Crippen molar-refractivity contribution in [3.05, 3.63) is 70.0 Å². The second-order valence-electron chi connectivity index (χ2n) is 9.84. The number of aromatic amines is 1. The zero-order valence-electron chi connectivity index (χ0n) is 21.1. The number of carbonyl (C=O) groups is 1. The van der Waals surface area contributed by atoms with Crippen molar-refractivity contribution in [1.29, 1.82) is 0 Å². The molecule has 1 saturated carbocycles. The van der Waals surface area contributed by atoms with Crippen LogP contribution in [-0.2, 0) is 6.18 Å². The van der Waals surface area contributed by atoms with Crippen molar-refractivity contribution in [2.24, 2.45) is 5.92 Å². The smallest absolute Gasteiger partial charge is 0.417 e. The average Bonchev–Trinajstić information content (AvgIpc) is 3.72. The van der Waals surface area contributed by atoms with Crippen molar-refractivity contribution in [2.45, 2.75) is 19.0 Å². The number of nitrogens with one attached hydrogen (secondary N) is 2. The van der Waals surface area contributed by atoms with Gasteiger partial charge in [-0.05, 0) is 49.6 Å². The molecule has 2 fully saturated rings. The molecule has 1 aromatic carbocycles. The Hall–Kier alpha value is -3.93. The molecule has 2 N–H and O–H groups in total. The minimum atomic E-state index is -4.92. The first-order valence-electron chi connectivity index (χ1n) is 12.6. The van der Waals surface area contributed by atoms with E-state index in [1.165, 1.54) is 12.1 Å².